The van der Waals surface area contributed by atoms with E-state index in [1.165, 1.54) is 0 Å². The summed E-state index contributed by atoms with van der Waals surface area (Å²) in [6.45, 7) is 3.32. The number of nitrogens with one attached hydrogen (secondary N) is 2. The van der Waals surface area contributed by atoms with E-state index in [0.29, 0.717) is 29.7 Å². The fourth-order valence-corrected chi connectivity index (χ4v) is 5.59. The Labute approximate surface area is 228 Å². The number of carbonyl (C=O) groups excluding carboxylic acids is 1. The van der Waals surface area contributed by atoms with Gasteiger partial charge in [-0.2, -0.15) is 13.2 Å². The number of aliphatic hydroxyl groups is 1. The maximum absolute atomic E-state index is 13.7. The molecule has 1 aliphatic carbocycles. The normalized spacial score (nSPS) is 19.5. The van der Waals surface area contributed by atoms with Crippen LogP contribution in [-0.2, 0) is 22.4 Å². The zero-order valence-corrected chi connectivity index (χ0v) is 22.2. The minimum atomic E-state index is -4.22. The number of carbonyl (C=O) groups is 1. The van der Waals surface area contributed by atoms with E-state index in [1.807, 2.05) is 24.3 Å². The van der Waals surface area contributed by atoms with Crippen molar-refractivity contribution in [2.45, 2.75) is 69.7 Å². The Morgan fingerprint density at radius 3 is 2.52 bits per heavy atom. The minimum absolute atomic E-state index is 0.0255. The molecule has 2 heterocycles. The monoisotopic (exact) mass is 557 g/mol. The van der Waals surface area contributed by atoms with E-state index in [1.54, 1.807) is 32.0 Å². The maximum atomic E-state index is 13.7. The average Bonchev–Trinajstić information content (AvgIpc) is 3.31. The highest BCUT2D eigenvalue weighted by atomic mass is 19.4. The lowest BCUT2D eigenvalue weighted by atomic mass is 9.69. The highest BCUT2D eigenvalue weighted by Crippen LogP contribution is 2.47. The van der Waals surface area contributed by atoms with Crippen LogP contribution in [0.1, 0.15) is 74.0 Å². The van der Waals surface area contributed by atoms with Crippen LogP contribution in [0.4, 0.5) is 13.2 Å². The smallest absolute Gasteiger partial charge is 0.439 e. The van der Waals surface area contributed by atoms with Crippen LogP contribution < -0.4 is 15.8 Å². The molecule has 3 N–H and O–H groups in total. The van der Waals surface area contributed by atoms with Gasteiger partial charge in [0.25, 0.3) is 5.91 Å². The van der Waals surface area contributed by atoms with Crippen LogP contribution in [-0.4, -0.2) is 33.9 Å². The number of nitrogens with zero attached hydrogens (tertiary/aromatic N) is 1. The molecule has 40 heavy (non-hydrogen) atoms. The van der Waals surface area contributed by atoms with Crippen LogP contribution in [0.25, 0.3) is 11.1 Å². The molecule has 0 radical (unpaired) electrons. The lowest BCUT2D eigenvalue weighted by molar-refractivity contribution is -0.136. The number of rotatable bonds is 7. The Kier molecular flexibility index (Phi) is 7.11. The van der Waals surface area contributed by atoms with Crippen molar-refractivity contribution >= 4 is 17.1 Å². The number of H-pyrrole nitrogens is 1. The van der Waals surface area contributed by atoms with Crippen molar-refractivity contribution in [2.24, 2.45) is 0 Å². The number of ether oxygens (including phenoxy) is 1. The Morgan fingerprint density at radius 2 is 1.88 bits per heavy atom. The van der Waals surface area contributed by atoms with Crippen LogP contribution in [0.5, 0.6) is 5.75 Å². The van der Waals surface area contributed by atoms with E-state index in [2.05, 4.69) is 15.5 Å². The largest absolute Gasteiger partial charge is 0.494 e. The molecule has 0 fully saturated rings. The van der Waals surface area contributed by atoms with Gasteiger partial charge in [0.2, 0.25) is 0 Å². The number of hydrogen-bond acceptors (Lipinski definition) is 6. The molecule has 0 saturated carbocycles. The van der Waals surface area contributed by atoms with Gasteiger partial charge in [0.15, 0.2) is 5.82 Å². The van der Waals surface area contributed by atoms with Gasteiger partial charge in [-0.3, -0.25) is 14.3 Å². The molecule has 2 aromatic carbocycles. The second-order valence-corrected chi connectivity index (χ2v) is 10.9. The van der Waals surface area contributed by atoms with Gasteiger partial charge >= 0.3 is 11.9 Å². The third-order valence-electron chi connectivity index (χ3n) is 7.49. The first-order chi connectivity index (χ1) is 18.8. The molecule has 1 aromatic heterocycles. The fourth-order valence-electron chi connectivity index (χ4n) is 5.59. The lowest BCUT2D eigenvalue weighted by Crippen LogP contribution is -2.51. The Hall–Kier alpha value is -3.86. The van der Waals surface area contributed by atoms with Crippen LogP contribution in [0.3, 0.4) is 0 Å². The summed E-state index contributed by atoms with van der Waals surface area (Å²) < 4.78 is 47.7. The summed E-state index contributed by atoms with van der Waals surface area (Å²) in [5.41, 5.74) is 2.36. The second kappa shape index (κ2) is 10.3. The topological polar surface area (TPSA) is 117 Å². The molecule has 11 heteroatoms. The molecule has 3 aromatic rings. The van der Waals surface area contributed by atoms with E-state index in [0.717, 1.165) is 29.5 Å². The lowest BCUT2D eigenvalue weighted by Gasteiger charge is -2.44. The quantitative estimate of drug-likeness (QED) is 0.353. The number of halogens is 3. The molecule has 1 atom stereocenters. The molecular weight excluding hydrogens is 527 g/mol. The average molecular weight is 558 g/mol. The number of aromatic nitrogens is 2. The SMILES string of the molecule is CC(C)(O)c1ccc(C2=C(c3noc(=O)[nH]3)C(=O)N[C@@]3(CCCc4cc(OCCCC(F)(F)F)ccc43)C2)cc1. The summed E-state index contributed by atoms with van der Waals surface area (Å²) in [6, 6.07) is 12.7. The third kappa shape index (κ3) is 5.70. The predicted molar refractivity (Wildman–Crippen MR) is 140 cm³/mol. The van der Waals surface area contributed by atoms with Crippen molar-refractivity contribution in [1.82, 2.24) is 15.5 Å². The molecule has 5 rings (SSSR count). The molecule has 1 aliphatic heterocycles. The summed E-state index contributed by atoms with van der Waals surface area (Å²) in [7, 11) is 0. The van der Waals surface area contributed by atoms with Gasteiger partial charge in [0.1, 0.15) is 5.75 Å². The van der Waals surface area contributed by atoms with E-state index in [-0.39, 0.29) is 24.4 Å². The van der Waals surface area contributed by atoms with Gasteiger partial charge in [-0.15, -0.1) is 0 Å². The Balaban J connectivity index is 1.50. The third-order valence-corrected chi connectivity index (χ3v) is 7.49. The Bertz CT molecular complexity index is 1500. The number of aromatic amines is 1. The van der Waals surface area contributed by atoms with E-state index in [9.17, 15) is 27.9 Å². The molecule has 1 spiro atoms. The van der Waals surface area contributed by atoms with Gasteiger partial charge in [-0.05, 0) is 79.5 Å². The van der Waals surface area contributed by atoms with Crippen LogP contribution in [0, 0.1) is 0 Å². The summed E-state index contributed by atoms with van der Waals surface area (Å²) in [5, 5.41) is 17.3. The van der Waals surface area contributed by atoms with Gasteiger partial charge in [-0.25, -0.2) is 4.79 Å². The fraction of sp³-hybridized carbons (Fsp3) is 0.414. The van der Waals surface area contributed by atoms with E-state index < -0.39 is 35.4 Å². The first-order valence-corrected chi connectivity index (χ1v) is 13.1. The van der Waals surface area contributed by atoms with Crippen LogP contribution >= 0.6 is 0 Å². The molecular formula is C29H30F3N3O5. The van der Waals surface area contributed by atoms with Gasteiger partial charge < -0.3 is 15.2 Å². The van der Waals surface area contributed by atoms with Crippen molar-refractivity contribution in [3.05, 3.63) is 81.1 Å². The first kappa shape index (κ1) is 27.7. The highest BCUT2D eigenvalue weighted by Gasteiger charge is 2.44. The number of hydrogen-bond donors (Lipinski definition) is 3. The van der Waals surface area contributed by atoms with Crippen molar-refractivity contribution in [2.75, 3.05) is 6.61 Å². The summed E-state index contributed by atoms with van der Waals surface area (Å²) in [6.07, 6.45) is -2.70. The Morgan fingerprint density at radius 1 is 1.12 bits per heavy atom. The summed E-state index contributed by atoms with van der Waals surface area (Å²) >= 11 is 0. The molecule has 0 unspecified atom stereocenters. The van der Waals surface area contributed by atoms with Crippen molar-refractivity contribution < 1.29 is 32.3 Å². The molecule has 0 bridgehead atoms. The standard InChI is InChI=1S/C29H30F3N3O5/c1-27(2,38)19-8-6-17(7-9-19)21-16-28(34-25(36)23(21)24-33-26(37)40-35-24)12-3-5-18-15-20(10-11-22(18)28)39-14-4-13-29(30,31)32/h6-11,15,38H,3-5,12-14,16H2,1-2H3,(H,34,36)(H,33,35,37)/t28-/m0/s1. The van der Waals surface area contributed by atoms with Gasteiger partial charge in [0, 0.05) is 12.8 Å². The number of benzene rings is 2. The molecule has 2 aliphatic rings. The van der Waals surface area contributed by atoms with E-state index >= 15 is 0 Å². The molecule has 0 saturated heterocycles. The first-order valence-electron chi connectivity index (χ1n) is 13.1. The van der Waals surface area contributed by atoms with Gasteiger partial charge in [0.05, 0.1) is 23.3 Å². The number of alkyl halides is 3. The van der Waals surface area contributed by atoms with Crippen molar-refractivity contribution in [3.8, 4) is 5.75 Å². The van der Waals surface area contributed by atoms with E-state index in [4.69, 9.17) is 9.26 Å². The minimum Gasteiger partial charge on any atom is -0.494 e. The number of aryl methyl sites for hydroxylation is 1. The van der Waals surface area contributed by atoms with Crippen molar-refractivity contribution in [1.29, 1.82) is 0 Å². The highest BCUT2D eigenvalue weighted by molar-refractivity contribution is 6.27. The molecule has 1 amide bonds. The molecule has 8 nitrogen and oxygen atoms in total. The number of fused-ring (bicyclic) bond motifs is 2. The second-order valence-electron chi connectivity index (χ2n) is 10.9. The summed E-state index contributed by atoms with van der Waals surface area (Å²) in [5.74, 6) is -0.688. The predicted octanol–water partition coefficient (Wildman–Crippen LogP) is 4.97. The van der Waals surface area contributed by atoms with Gasteiger partial charge in [-0.1, -0.05) is 35.5 Å². The molecule has 212 valence electrons. The van der Waals surface area contributed by atoms with Crippen LogP contribution in [0.2, 0.25) is 0 Å². The zero-order valence-electron chi connectivity index (χ0n) is 22.2. The maximum Gasteiger partial charge on any atom is 0.439 e. The van der Waals surface area contributed by atoms with Crippen LogP contribution in [0.15, 0.2) is 51.8 Å². The number of amides is 1. The van der Waals surface area contributed by atoms with Crippen molar-refractivity contribution in [3.63, 3.8) is 0 Å². The zero-order chi connectivity index (χ0) is 28.7. The summed E-state index contributed by atoms with van der Waals surface area (Å²) in [4.78, 5) is 27.9.